The van der Waals surface area contributed by atoms with Crippen molar-refractivity contribution in [3.8, 4) is 11.3 Å². The van der Waals surface area contributed by atoms with Crippen molar-refractivity contribution in [2.75, 3.05) is 0 Å². The lowest BCUT2D eigenvalue weighted by Gasteiger charge is -1.95. The van der Waals surface area contributed by atoms with Gasteiger partial charge in [-0.25, -0.2) is 4.79 Å². The summed E-state index contributed by atoms with van der Waals surface area (Å²) in [6.07, 6.45) is 1.86. The Balaban J connectivity index is 2.19. The molecular weight excluding hydrogens is 242 g/mol. The van der Waals surface area contributed by atoms with Crippen LogP contribution in [0.25, 0.3) is 22.2 Å². The van der Waals surface area contributed by atoms with Crippen LogP contribution in [0.1, 0.15) is 16.1 Å². The molecule has 0 saturated carbocycles. The normalized spacial score (nSPS) is 11.1. The number of nitrogens with one attached hydrogen (secondary N) is 1. The molecule has 2 heterocycles. The summed E-state index contributed by atoms with van der Waals surface area (Å²) >= 11 is 0. The van der Waals surface area contributed by atoms with Crippen molar-refractivity contribution < 1.29 is 9.90 Å². The van der Waals surface area contributed by atoms with Crippen LogP contribution in [-0.4, -0.2) is 25.8 Å². The first-order valence-electron chi connectivity index (χ1n) is 5.91. The number of aromatic nitrogens is 3. The van der Waals surface area contributed by atoms with E-state index in [4.69, 9.17) is 5.11 Å². The number of carbonyl (C=O) groups is 1. The van der Waals surface area contributed by atoms with E-state index in [0.717, 1.165) is 16.5 Å². The molecule has 5 nitrogen and oxygen atoms in total. The van der Waals surface area contributed by atoms with Gasteiger partial charge in [0.05, 0.1) is 5.69 Å². The lowest BCUT2D eigenvalue weighted by atomic mass is 10.1. The molecular formula is C14H13N3O2. The Morgan fingerprint density at radius 3 is 2.84 bits per heavy atom. The van der Waals surface area contributed by atoms with Crippen molar-refractivity contribution in [3.63, 3.8) is 0 Å². The van der Waals surface area contributed by atoms with Crippen LogP contribution in [0.2, 0.25) is 0 Å². The number of aromatic amines is 1. The van der Waals surface area contributed by atoms with E-state index in [1.54, 1.807) is 13.1 Å². The summed E-state index contributed by atoms with van der Waals surface area (Å²) in [5.74, 6) is -0.975. The molecule has 0 atom stereocenters. The minimum atomic E-state index is -0.975. The molecule has 3 rings (SSSR count). The lowest BCUT2D eigenvalue weighted by molar-refractivity contribution is 0.0685. The van der Waals surface area contributed by atoms with Gasteiger partial charge in [-0.05, 0) is 24.6 Å². The quantitative estimate of drug-likeness (QED) is 0.739. The van der Waals surface area contributed by atoms with E-state index in [2.05, 4.69) is 16.1 Å². The van der Waals surface area contributed by atoms with Crippen molar-refractivity contribution in [2.24, 2.45) is 7.05 Å². The number of hydrogen-bond donors (Lipinski definition) is 2. The third kappa shape index (κ3) is 1.79. The van der Waals surface area contributed by atoms with Gasteiger partial charge >= 0.3 is 5.97 Å². The Morgan fingerprint density at radius 1 is 1.37 bits per heavy atom. The van der Waals surface area contributed by atoms with Crippen LogP contribution in [-0.2, 0) is 7.05 Å². The number of aryl methyl sites for hydroxylation is 2. The Morgan fingerprint density at radius 2 is 2.16 bits per heavy atom. The first-order valence-corrected chi connectivity index (χ1v) is 5.91. The number of hydrogen-bond acceptors (Lipinski definition) is 2. The highest BCUT2D eigenvalue weighted by Gasteiger charge is 2.15. The average Bonchev–Trinajstić information content (AvgIpc) is 2.91. The summed E-state index contributed by atoms with van der Waals surface area (Å²) < 4.78 is 1.38. The highest BCUT2D eigenvalue weighted by Crippen LogP contribution is 2.28. The van der Waals surface area contributed by atoms with Crippen molar-refractivity contribution in [2.45, 2.75) is 6.92 Å². The third-order valence-electron chi connectivity index (χ3n) is 3.21. The number of fused-ring (bicyclic) bond motifs is 1. The van der Waals surface area contributed by atoms with Gasteiger partial charge in [-0.1, -0.05) is 12.1 Å². The molecule has 0 aliphatic heterocycles. The molecule has 96 valence electrons. The second-order valence-electron chi connectivity index (χ2n) is 4.59. The maximum absolute atomic E-state index is 11.0. The molecule has 0 aliphatic carbocycles. The van der Waals surface area contributed by atoms with E-state index in [1.165, 1.54) is 10.2 Å². The van der Waals surface area contributed by atoms with E-state index in [0.29, 0.717) is 5.69 Å². The van der Waals surface area contributed by atoms with Gasteiger partial charge in [-0.15, -0.1) is 0 Å². The van der Waals surface area contributed by atoms with Crippen molar-refractivity contribution in [1.29, 1.82) is 0 Å². The van der Waals surface area contributed by atoms with Crippen LogP contribution in [0, 0.1) is 6.92 Å². The summed E-state index contributed by atoms with van der Waals surface area (Å²) in [6, 6.07) is 7.69. The van der Waals surface area contributed by atoms with Gasteiger partial charge in [0.15, 0.2) is 0 Å². The summed E-state index contributed by atoms with van der Waals surface area (Å²) in [7, 11) is 1.63. The molecule has 0 unspecified atom stereocenters. The second-order valence-corrected chi connectivity index (χ2v) is 4.59. The Bertz CT molecular complexity index is 783. The minimum Gasteiger partial charge on any atom is -0.477 e. The van der Waals surface area contributed by atoms with Gasteiger partial charge in [0.1, 0.15) is 5.69 Å². The van der Waals surface area contributed by atoms with Crippen LogP contribution < -0.4 is 0 Å². The highest BCUT2D eigenvalue weighted by atomic mass is 16.4. The SMILES string of the molecule is Cc1ccc2c(-c3cc(C(=O)O)n(C)n3)c[nH]c2c1. The maximum atomic E-state index is 11.0. The van der Waals surface area contributed by atoms with Crippen LogP contribution in [0.5, 0.6) is 0 Å². The zero-order valence-electron chi connectivity index (χ0n) is 10.6. The molecule has 0 amide bonds. The summed E-state index contributed by atoms with van der Waals surface area (Å²) in [4.78, 5) is 14.2. The van der Waals surface area contributed by atoms with E-state index >= 15 is 0 Å². The molecule has 0 fully saturated rings. The van der Waals surface area contributed by atoms with Crippen LogP contribution in [0.15, 0.2) is 30.5 Å². The topological polar surface area (TPSA) is 70.9 Å². The molecule has 2 aromatic heterocycles. The third-order valence-corrected chi connectivity index (χ3v) is 3.21. The molecule has 5 heteroatoms. The predicted octanol–water partition coefficient (Wildman–Crippen LogP) is 2.58. The van der Waals surface area contributed by atoms with Gasteiger partial charge < -0.3 is 10.1 Å². The van der Waals surface area contributed by atoms with Crippen molar-refractivity contribution in [3.05, 3.63) is 41.7 Å². The molecule has 0 bridgehead atoms. The van der Waals surface area contributed by atoms with Gasteiger partial charge in [0.2, 0.25) is 0 Å². The van der Waals surface area contributed by atoms with Gasteiger partial charge in [0, 0.05) is 29.7 Å². The van der Waals surface area contributed by atoms with Gasteiger partial charge in [-0.3, -0.25) is 4.68 Å². The molecule has 3 aromatic rings. The van der Waals surface area contributed by atoms with Crippen LogP contribution in [0.4, 0.5) is 0 Å². The molecule has 19 heavy (non-hydrogen) atoms. The molecule has 0 spiro atoms. The van der Waals surface area contributed by atoms with E-state index < -0.39 is 5.97 Å². The van der Waals surface area contributed by atoms with E-state index in [-0.39, 0.29) is 5.69 Å². The number of rotatable bonds is 2. The standard InChI is InChI=1S/C14H13N3O2/c1-8-3-4-9-10(7-15-11(9)5-8)12-6-13(14(18)19)17(2)16-12/h3-7,15H,1-2H3,(H,18,19). The zero-order valence-corrected chi connectivity index (χ0v) is 10.6. The van der Waals surface area contributed by atoms with Crippen LogP contribution in [0.3, 0.4) is 0 Å². The first kappa shape index (κ1) is 11.5. The number of benzene rings is 1. The summed E-state index contributed by atoms with van der Waals surface area (Å²) in [6.45, 7) is 2.03. The molecule has 0 radical (unpaired) electrons. The fourth-order valence-corrected chi connectivity index (χ4v) is 2.25. The lowest BCUT2D eigenvalue weighted by Crippen LogP contribution is -2.04. The predicted molar refractivity (Wildman–Crippen MR) is 72.2 cm³/mol. The fraction of sp³-hybridized carbons (Fsp3) is 0.143. The molecule has 0 aliphatic rings. The number of nitrogens with zero attached hydrogens (tertiary/aromatic N) is 2. The van der Waals surface area contributed by atoms with E-state index in [1.807, 2.05) is 25.3 Å². The number of aromatic carboxylic acids is 1. The second kappa shape index (κ2) is 3.98. The van der Waals surface area contributed by atoms with E-state index in [9.17, 15) is 4.79 Å². The zero-order chi connectivity index (χ0) is 13.6. The average molecular weight is 255 g/mol. The Labute approximate surface area is 109 Å². The number of carboxylic acids is 1. The Hall–Kier alpha value is -2.56. The maximum Gasteiger partial charge on any atom is 0.354 e. The molecule has 1 aromatic carbocycles. The van der Waals surface area contributed by atoms with Crippen molar-refractivity contribution in [1.82, 2.24) is 14.8 Å². The smallest absolute Gasteiger partial charge is 0.354 e. The van der Waals surface area contributed by atoms with Gasteiger partial charge in [-0.2, -0.15) is 5.10 Å². The number of H-pyrrole nitrogens is 1. The highest BCUT2D eigenvalue weighted by molar-refractivity contribution is 5.96. The van der Waals surface area contributed by atoms with Crippen LogP contribution >= 0.6 is 0 Å². The summed E-state index contributed by atoms with van der Waals surface area (Å²) in [5, 5.41) is 14.4. The fourth-order valence-electron chi connectivity index (χ4n) is 2.25. The molecule has 0 saturated heterocycles. The Kier molecular flexibility index (Phi) is 2.41. The van der Waals surface area contributed by atoms with Gasteiger partial charge in [0.25, 0.3) is 0 Å². The summed E-state index contributed by atoms with van der Waals surface area (Å²) in [5.41, 5.74) is 3.95. The number of carboxylic acid groups (broad SMARTS) is 1. The molecule has 2 N–H and O–H groups in total. The van der Waals surface area contributed by atoms with Crippen molar-refractivity contribution >= 4 is 16.9 Å². The monoisotopic (exact) mass is 255 g/mol. The largest absolute Gasteiger partial charge is 0.477 e. The first-order chi connectivity index (χ1) is 9.06. The minimum absolute atomic E-state index is 0.177.